The normalized spacial score (nSPS) is 11.1. The number of carbonyl (C=O) groups excluding carboxylic acids is 1. The van der Waals surface area contributed by atoms with Crippen molar-refractivity contribution in [3.63, 3.8) is 0 Å². The summed E-state index contributed by atoms with van der Waals surface area (Å²) in [4.78, 5) is 12.5. The number of benzene rings is 3. The molecule has 0 amide bonds. The summed E-state index contributed by atoms with van der Waals surface area (Å²) in [6.07, 6.45) is 3.21. The summed E-state index contributed by atoms with van der Waals surface area (Å²) >= 11 is 0. The van der Waals surface area contributed by atoms with Crippen molar-refractivity contribution < 1.29 is 18.7 Å². The predicted octanol–water partition coefficient (Wildman–Crippen LogP) is 6.31. The molecule has 0 aliphatic heterocycles. The Kier molecular flexibility index (Phi) is 5.95. The van der Waals surface area contributed by atoms with Crippen LogP contribution >= 0.6 is 0 Å². The fraction of sp³-hybridized carbons (Fsp3) is 0.115. The van der Waals surface area contributed by atoms with E-state index in [0.29, 0.717) is 30.3 Å². The molecule has 4 aromatic rings. The van der Waals surface area contributed by atoms with E-state index in [1.807, 2.05) is 85.8 Å². The van der Waals surface area contributed by atoms with Gasteiger partial charge in [-0.2, -0.15) is 0 Å². The molecular formula is C26H22O4. The maximum absolute atomic E-state index is 12.5. The minimum atomic E-state index is -0.0654. The fourth-order valence-electron chi connectivity index (χ4n) is 3.11. The van der Waals surface area contributed by atoms with Gasteiger partial charge in [0.05, 0.1) is 6.61 Å². The van der Waals surface area contributed by atoms with E-state index in [9.17, 15) is 4.79 Å². The number of allylic oxidation sites excluding steroid dienone is 1. The lowest BCUT2D eigenvalue weighted by Gasteiger charge is -2.06. The number of hydrogen-bond donors (Lipinski definition) is 0. The minimum Gasteiger partial charge on any atom is -0.494 e. The van der Waals surface area contributed by atoms with Gasteiger partial charge in [0, 0.05) is 5.56 Å². The number of hydrogen-bond acceptors (Lipinski definition) is 4. The standard InChI is InChI=1S/C26H22O4/c1-2-28-22-9-11-23(12-10-22)29-18-25-14-13-24(30-25)15-16-26(27)21-8-7-19-5-3-4-6-20(19)17-21/h3-17H,2,18H2,1H3/b16-15+. The molecule has 0 bridgehead atoms. The van der Waals surface area contributed by atoms with Crippen molar-refractivity contribution in [3.05, 3.63) is 102 Å². The van der Waals surface area contributed by atoms with E-state index in [4.69, 9.17) is 13.9 Å². The quantitative estimate of drug-likeness (QED) is 0.258. The van der Waals surface area contributed by atoms with E-state index in [0.717, 1.165) is 22.3 Å². The second kappa shape index (κ2) is 9.14. The van der Waals surface area contributed by atoms with Crippen LogP contribution in [0.15, 0.2) is 89.4 Å². The topological polar surface area (TPSA) is 48.7 Å². The molecule has 0 N–H and O–H groups in total. The monoisotopic (exact) mass is 398 g/mol. The van der Waals surface area contributed by atoms with Crippen molar-refractivity contribution in [1.29, 1.82) is 0 Å². The van der Waals surface area contributed by atoms with E-state index >= 15 is 0 Å². The van der Waals surface area contributed by atoms with Crippen molar-refractivity contribution in [1.82, 2.24) is 0 Å². The number of furan rings is 1. The molecule has 150 valence electrons. The number of carbonyl (C=O) groups is 1. The third-order valence-electron chi connectivity index (χ3n) is 4.63. The first-order valence-electron chi connectivity index (χ1n) is 9.87. The van der Waals surface area contributed by atoms with Crippen LogP contribution in [0.3, 0.4) is 0 Å². The van der Waals surface area contributed by atoms with Crippen LogP contribution in [0.5, 0.6) is 11.5 Å². The molecule has 4 rings (SSSR count). The van der Waals surface area contributed by atoms with Crippen LogP contribution in [0.2, 0.25) is 0 Å². The number of ether oxygens (including phenoxy) is 2. The lowest BCUT2D eigenvalue weighted by molar-refractivity contribution is 0.104. The molecular weight excluding hydrogens is 376 g/mol. The van der Waals surface area contributed by atoms with E-state index in [1.165, 1.54) is 6.08 Å². The summed E-state index contributed by atoms with van der Waals surface area (Å²) in [7, 11) is 0. The first-order valence-corrected chi connectivity index (χ1v) is 9.87. The molecule has 0 fully saturated rings. The zero-order valence-corrected chi connectivity index (χ0v) is 16.7. The van der Waals surface area contributed by atoms with Crippen molar-refractivity contribution in [2.75, 3.05) is 6.61 Å². The van der Waals surface area contributed by atoms with Crippen LogP contribution in [-0.4, -0.2) is 12.4 Å². The van der Waals surface area contributed by atoms with Gasteiger partial charge in [0.25, 0.3) is 0 Å². The third kappa shape index (κ3) is 4.78. The highest BCUT2D eigenvalue weighted by molar-refractivity contribution is 6.08. The maximum Gasteiger partial charge on any atom is 0.185 e. The molecule has 0 aliphatic carbocycles. The first kappa shape index (κ1) is 19.5. The van der Waals surface area contributed by atoms with Crippen LogP contribution in [0.1, 0.15) is 28.8 Å². The lowest BCUT2D eigenvalue weighted by atomic mass is 10.0. The maximum atomic E-state index is 12.5. The largest absolute Gasteiger partial charge is 0.494 e. The number of rotatable bonds is 8. The molecule has 0 unspecified atom stereocenters. The molecule has 0 saturated heterocycles. The van der Waals surface area contributed by atoms with Gasteiger partial charge in [0.2, 0.25) is 0 Å². The van der Waals surface area contributed by atoms with Gasteiger partial charge in [0.1, 0.15) is 29.6 Å². The summed E-state index contributed by atoms with van der Waals surface area (Å²) < 4.78 is 16.9. The summed E-state index contributed by atoms with van der Waals surface area (Å²) in [5.41, 5.74) is 0.649. The highest BCUT2D eigenvalue weighted by Gasteiger charge is 2.05. The summed E-state index contributed by atoms with van der Waals surface area (Å²) in [6, 6.07) is 24.8. The first-order chi connectivity index (χ1) is 14.7. The van der Waals surface area contributed by atoms with Gasteiger partial charge >= 0.3 is 0 Å². The molecule has 0 radical (unpaired) electrons. The minimum absolute atomic E-state index is 0.0654. The Morgan fingerprint density at radius 3 is 2.37 bits per heavy atom. The second-order valence-corrected chi connectivity index (χ2v) is 6.76. The predicted molar refractivity (Wildman–Crippen MR) is 118 cm³/mol. The van der Waals surface area contributed by atoms with Gasteiger partial charge in [0.15, 0.2) is 5.78 Å². The summed E-state index contributed by atoms with van der Waals surface area (Å²) in [5.74, 6) is 2.77. The Hall–Kier alpha value is -3.79. The lowest BCUT2D eigenvalue weighted by Crippen LogP contribution is -1.95. The highest BCUT2D eigenvalue weighted by atomic mass is 16.5. The van der Waals surface area contributed by atoms with Gasteiger partial charge in [-0.3, -0.25) is 4.79 Å². The van der Waals surface area contributed by atoms with Gasteiger partial charge in [-0.15, -0.1) is 0 Å². The summed E-state index contributed by atoms with van der Waals surface area (Å²) in [5, 5.41) is 2.16. The van der Waals surface area contributed by atoms with Gasteiger partial charge in [-0.1, -0.05) is 36.4 Å². The average Bonchev–Trinajstić information content (AvgIpc) is 3.25. The van der Waals surface area contributed by atoms with Crippen molar-refractivity contribution in [2.24, 2.45) is 0 Å². The molecule has 0 spiro atoms. The van der Waals surface area contributed by atoms with Crippen LogP contribution in [0.25, 0.3) is 16.8 Å². The van der Waals surface area contributed by atoms with Crippen molar-refractivity contribution in [3.8, 4) is 11.5 Å². The van der Waals surface area contributed by atoms with Crippen molar-refractivity contribution in [2.45, 2.75) is 13.5 Å². The van der Waals surface area contributed by atoms with Gasteiger partial charge in [-0.05, 0) is 72.3 Å². The van der Waals surface area contributed by atoms with Crippen LogP contribution in [-0.2, 0) is 6.61 Å². The third-order valence-corrected chi connectivity index (χ3v) is 4.63. The van der Waals surface area contributed by atoms with E-state index in [2.05, 4.69) is 0 Å². The molecule has 1 aromatic heterocycles. The molecule has 4 nitrogen and oxygen atoms in total. The highest BCUT2D eigenvalue weighted by Crippen LogP contribution is 2.20. The molecule has 0 atom stereocenters. The molecule has 0 saturated carbocycles. The molecule has 1 heterocycles. The number of fused-ring (bicyclic) bond motifs is 1. The second-order valence-electron chi connectivity index (χ2n) is 6.76. The van der Waals surface area contributed by atoms with E-state index in [1.54, 1.807) is 6.08 Å². The van der Waals surface area contributed by atoms with E-state index in [-0.39, 0.29) is 5.78 Å². The zero-order valence-electron chi connectivity index (χ0n) is 16.7. The Labute approximate surface area is 175 Å². The Morgan fingerprint density at radius 1 is 0.867 bits per heavy atom. The van der Waals surface area contributed by atoms with Crippen LogP contribution in [0.4, 0.5) is 0 Å². The molecule has 3 aromatic carbocycles. The Bertz CT molecular complexity index is 1170. The Morgan fingerprint density at radius 2 is 1.60 bits per heavy atom. The van der Waals surface area contributed by atoms with E-state index < -0.39 is 0 Å². The smallest absolute Gasteiger partial charge is 0.185 e. The SMILES string of the molecule is CCOc1ccc(OCc2ccc(/C=C/C(=O)c3ccc4ccccc4c3)o2)cc1. The van der Waals surface area contributed by atoms with Crippen molar-refractivity contribution >= 4 is 22.6 Å². The average molecular weight is 398 g/mol. The zero-order chi connectivity index (χ0) is 20.8. The Balaban J connectivity index is 1.36. The molecule has 0 aliphatic rings. The van der Waals surface area contributed by atoms with Gasteiger partial charge in [-0.25, -0.2) is 0 Å². The number of ketones is 1. The van der Waals surface area contributed by atoms with Crippen LogP contribution in [0, 0.1) is 0 Å². The van der Waals surface area contributed by atoms with Gasteiger partial charge < -0.3 is 13.9 Å². The summed E-state index contributed by atoms with van der Waals surface area (Å²) in [6.45, 7) is 2.88. The molecule has 4 heteroatoms. The molecule has 30 heavy (non-hydrogen) atoms. The van der Waals surface area contributed by atoms with Crippen LogP contribution < -0.4 is 9.47 Å². The fourth-order valence-corrected chi connectivity index (χ4v) is 3.11.